The van der Waals surface area contributed by atoms with Gasteiger partial charge in [0.05, 0.1) is 17.2 Å². The number of anilines is 1. The van der Waals surface area contributed by atoms with Crippen molar-refractivity contribution < 1.29 is 18.8 Å². The predicted molar refractivity (Wildman–Crippen MR) is 81.0 cm³/mol. The Hall–Kier alpha value is -2.96. The van der Waals surface area contributed by atoms with Gasteiger partial charge in [-0.2, -0.15) is 0 Å². The number of ether oxygens (including phenoxy) is 1. The Bertz CT molecular complexity index is 753. The zero-order chi connectivity index (χ0) is 16.4. The van der Waals surface area contributed by atoms with E-state index < -0.39 is 23.3 Å². The summed E-state index contributed by atoms with van der Waals surface area (Å²) in [5.74, 6) is 0. The normalized spacial score (nSPS) is 20.4. The summed E-state index contributed by atoms with van der Waals surface area (Å²) < 4.78 is 19.0. The highest BCUT2D eigenvalue weighted by molar-refractivity contribution is 5.91. The van der Waals surface area contributed by atoms with Crippen molar-refractivity contribution in [2.45, 2.75) is 5.60 Å². The molecule has 7 heteroatoms. The third-order valence-electron chi connectivity index (χ3n) is 3.78. The lowest BCUT2D eigenvalue weighted by molar-refractivity contribution is -0.384. The van der Waals surface area contributed by atoms with Crippen molar-refractivity contribution in [2.75, 3.05) is 18.1 Å². The fraction of sp³-hybridized carbons (Fsp3) is 0.188. The first-order valence-corrected chi connectivity index (χ1v) is 6.92. The Morgan fingerprint density at radius 3 is 2.61 bits per heavy atom. The molecule has 1 heterocycles. The first kappa shape index (κ1) is 15.0. The molecule has 0 radical (unpaired) electrons. The minimum atomic E-state index is -1.40. The molecule has 1 atom stereocenters. The summed E-state index contributed by atoms with van der Waals surface area (Å²) in [6.07, 6.45) is -0.730. The number of hydrogen-bond donors (Lipinski definition) is 0. The highest BCUT2D eigenvalue weighted by Gasteiger charge is 2.47. The first-order chi connectivity index (χ1) is 11.1. The second-order valence-electron chi connectivity index (χ2n) is 5.23. The second kappa shape index (κ2) is 5.68. The number of amides is 1. The Labute approximate surface area is 131 Å². The molecule has 2 aromatic carbocycles. The lowest BCUT2D eigenvalue weighted by atomic mass is 9.95. The lowest BCUT2D eigenvalue weighted by Crippen LogP contribution is -2.34. The molecule has 1 unspecified atom stereocenters. The van der Waals surface area contributed by atoms with Gasteiger partial charge in [0, 0.05) is 17.7 Å². The van der Waals surface area contributed by atoms with E-state index in [9.17, 15) is 19.3 Å². The number of halogens is 1. The van der Waals surface area contributed by atoms with Gasteiger partial charge >= 0.3 is 6.09 Å². The number of nitro groups is 1. The van der Waals surface area contributed by atoms with Crippen molar-refractivity contribution in [2.24, 2.45) is 0 Å². The summed E-state index contributed by atoms with van der Waals surface area (Å²) in [6, 6.07) is 14.2. The van der Waals surface area contributed by atoms with Gasteiger partial charge in [-0.05, 0) is 6.07 Å². The molecule has 0 spiro atoms. The van der Waals surface area contributed by atoms with Crippen LogP contribution in [0, 0.1) is 10.1 Å². The summed E-state index contributed by atoms with van der Waals surface area (Å²) in [6.45, 7) is -0.929. The van der Waals surface area contributed by atoms with Crippen LogP contribution in [0.1, 0.15) is 5.56 Å². The molecule has 23 heavy (non-hydrogen) atoms. The number of non-ortho nitro benzene ring substituents is 1. The van der Waals surface area contributed by atoms with Gasteiger partial charge in [0.1, 0.15) is 6.67 Å². The van der Waals surface area contributed by atoms with Gasteiger partial charge in [0.2, 0.25) is 0 Å². The maximum atomic E-state index is 13.7. The highest BCUT2D eigenvalue weighted by atomic mass is 19.1. The number of alkyl halides is 1. The molecule has 1 fully saturated rings. The van der Waals surface area contributed by atoms with Gasteiger partial charge in [-0.15, -0.1) is 0 Å². The topological polar surface area (TPSA) is 72.7 Å². The summed E-state index contributed by atoms with van der Waals surface area (Å²) >= 11 is 0. The van der Waals surface area contributed by atoms with Crippen LogP contribution < -0.4 is 4.90 Å². The van der Waals surface area contributed by atoms with E-state index in [4.69, 9.17) is 4.74 Å². The van der Waals surface area contributed by atoms with Crippen LogP contribution in [0.3, 0.4) is 0 Å². The van der Waals surface area contributed by atoms with Crippen LogP contribution in [-0.2, 0) is 10.3 Å². The average Bonchev–Trinajstić information content (AvgIpc) is 2.94. The van der Waals surface area contributed by atoms with Crippen LogP contribution in [0.2, 0.25) is 0 Å². The fourth-order valence-corrected chi connectivity index (χ4v) is 2.58. The molecular weight excluding hydrogens is 303 g/mol. The van der Waals surface area contributed by atoms with Crippen LogP contribution in [0.5, 0.6) is 0 Å². The SMILES string of the molecule is O=C1OC(CF)(c2ccccc2)CN1c1cccc([N+](=O)[O-])c1. The van der Waals surface area contributed by atoms with Crippen molar-refractivity contribution in [1.29, 1.82) is 0 Å². The molecule has 2 aromatic rings. The number of carbonyl (C=O) groups excluding carboxylic acids is 1. The zero-order valence-corrected chi connectivity index (χ0v) is 12.0. The summed E-state index contributed by atoms with van der Waals surface area (Å²) in [4.78, 5) is 23.7. The van der Waals surface area contributed by atoms with Crippen molar-refractivity contribution in [3.8, 4) is 0 Å². The Kier molecular flexibility index (Phi) is 3.69. The molecular formula is C16H13FN2O4. The molecule has 1 aliphatic rings. The minimum Gasteiger partial charge on any atom is -0.433 e. The van der Waals surface area contributed by atoms with E-state index in [2.05, 4.69) is 0 Å². The molecule has 6 nitrogen and oxygen atoms in total. The Morgan fingerprint density at radius 1 is 1.22 bits per heavy atom. The lowest BCUT2D eigenvalue weighted by Gasteiger charge is -2.23. The number of rotatable bonds is 4. The van der Waals surface area contributed by atoms with Gasteiger partial charge < -0.3 is 4.74 Å². The van der Waals surface area contributed by atoms with E-state index in [1.54, 1.807) is 36.4 Å². The number of carbonyl (C=O) groups is 1. The average molecular weight is 316 g/mol. The van der Waals surface area contributed by atoms with E-state index in [0.717, 1.165) is 0 Å². The standard InChI is InChI=1S/C16H13FN2O4/c17-10-16(12-5-2-1-3-6-12)11-18(15(20)23-16)13-7-4-8-14(9-13)19(21)22/h1-9H,10-11H2. The molecule has 0 bridgehead atoms. The van der Waals surface area contributed by atoms with Gasteiger partial charge in [0.15, 0.2) is 5.60 Å². The largest absolute Gasteiger partial charge is 0.433 e. The number of cyclic esters (lactones) is 1. The molecule has 3 rings (SSSR count). The quantitative estimate of drug-likeness (QED) is 0.640. The third-order valence-corrected chi connectivity index (χ3v) is 3.78. The fourth-order valence-electron chi connectivity index (χ4n) is 2.58. The maximum Gasteiger partial charge on any atom is 0.415 e. The smallest absolute Gasteiger partial charge is 0.415 e. The molecule has 0 aliphatic carbocycles. The van der Waals surface area contributed by atoms with Crippen LogP contribution in [0.25, 0.3) is 0 Å². The maximum absolute atomic E-state index is 13.7. The summed E-state index contributed by atoms with van der Waals surface area (Å²) in [5, 5.41) is 10.9. The molecule has 1 amide bonds. The van der Waals surface area contributed by atoms with E-state index in [0.29, 0.717) is 11.3 Å². The van der Waals surface area contributed by atoms with E-state index in [-0.39, 0.29) is 12.2 Å². The van der Waals surface area contributed by atoms with E-state index in [1.165, 1.54) is 23.1 Å². The summed E-state index contributed by atoms with van der Waals surface area (Å²) in [5.41, 5.74) is -0.699. The molecule has 118 valence electrons. The van der Waals surface area contributed by atoms with Crippen LogP contribution in [0.4, 0.5) is 20.6 Å². The number of benzene rings is 2. The van der Waals surface area contributed by atoms with Gasteiger partial charge in [-0.3, -0.25) is 15.0 Å². The van der Waals surface area contributed by atoms with Gasteiger partial charge in [-0.25, -0.2) is 9.18 Å². The monoisotopic (exact) mass is 316 g/mol. The van der Waals surface area contributed by atoms with Crippen molar-refractivity contribution in [3.05, 3.63) is 70.3 Å². The van der Waals surface area contributed by atoms with E-state index in [1.807, 2.05) is 0 Å². The van der Waals surface area contributed by atoms with Crippen LogP contribution >= 0.6 is 0 Å². The highest BCUT2D eigenvalue weighted by Crippen LogP contribution is 2.37. The van der Waals surface area contributed by atoms with Gasteiger partial charge in [0.25, 0.3) is 5.69 Å². The molecule has 1 aliphatic heterocycles. The van der Waals surface area contributed by atoms with Gasteiger partial charge in [-0.1, -0.05) is 36.4 Å². The van der Waals surface area contributed by atoms with Crippen LogP contribution in [0.15, 0.2) is 54.6 Å². The van der Waals surface area contributed by atoms with Crippen molar-refractivity contribution >= 4 is 17.5 Å². The number of nitro benzene ring substituents is 1. The van der Waals surface area contributed by atoms with E-state index >= 15 is 0 Å². The third kappa shape index (κ3) is 2.61. The molecule has 0 saturated carbocycles. The van der Waals surface area contributed by atoms with Crippen LogP contribution in [-0.4, -0.2) is 24.2 Å². The number of nitrogens with zero attached hydrogens (tertiary/aromatic N) is 2. The minimum absolute atomic E-state index is 0.0481. The Balaban J connectivity index is 1.96. The molecule has 0 aromatic heterocycles. The predicted octanol–water partition coefficient (Wildman–Crippen LogP) is 3.42. The Morgan fingerprint density at radius 2 is 1.96 bits per heavy atom. The molecule has 0 N–H and O–H groups in total. The van der Waals surface area contributed by atoms with Crippen molar-refractivity contribution in [3.63, 3.8) is 0 Å². The first-order valence-electron chi connectivity index (χ1n) is 6.92. The number of hydrogen-bond acceptors (Lipinski definition) is 4. The second-order valence-corrected chi connectivity index (χ2v) is 5.23. The zero-order valence-electron chi connectivity index (χ0n) is 12.0. The summed E-state index contributed by atoms with van der Waals surface area (Å²) in [7, 11) is 0. The molecule has 1 saturated heterocycles. The van der Waals surface area contributed by atoms with Crippen molar-refractivity contribution in [1.82, 2.24) is 0 Å².